The minimum absolute atomic E-state index is 0.160. The van der Waals surface area contributed by atoms with Crippen molar-refractivity contribution < 1.29 is 0 Å². The van der Waals surface area contributed by atoms with Gasteiger partial charge in [0.2, 0.25) is 0 Å². The molecule has 76 valence electrons. The molecule has 0 spiro atoms. The van der Waals surface area contributed by atoms with Crippen LogP contribution in [0.2, 0.25) is 0 Å². The fraction of sp³-hybridized carbons (Fsp3) is 0.556. The van der Waals surface area contributed by atoms with Crippen LogP contribution in [0.15, 0.2) is 9.59 Å². The van der Waals surface area contributed by atoms with Crippen LogP contribution in [0.5, 0.6) is 0 Å². The van der Waals surface area contributed by atoms with Crippen LogP contribution >= 0.6 is 0 Å². The van der Waals surface area contributed by atoms with Gasteiger partial charge in [0.25, 0.3) is 5.56 Å². The lowest BCUT2D eigenvalue weighted by molar-refractivity contribution is 0.619. The Labute approximate surface area is 80.7 Å². The Kier molecular flexibility index (Phi) is 1.94. The molecule has 0 aliphatic heterocycles. The molecule has 1 heterocycles. The average molecular weight is 195 g/mol. The fourth-order valence-electron chi connectivity index (χ4n) is 2.00. The molecular weight excluding hydrogens is 182 g/mol. The minimum Gasteiger partial charge on any atom is -0.335 e. The van der Waals surface area contributed by atoms with E-state index < -0.39 is 5.69 Å². The first-order valence-corrected chi connectivity index (χ1v) is 4.79. The zero-order chi connectivity index (χ0) is 10.3. The van der Waals surface area contributed by atoms with Crippen molar-refractivity contribution in [1.82, 2.24) is 9.24 Å². The maximum absolute atomic E-state index is 11.8. The maximum Gasteiger partial charge on any atom is 0.349 e. The molecule has 0 saturated heterocycles. The largest absolute Gasteiger partial charge is 0.349 e. The summed E-state index contributed by atoms with van der Waals surface area (Å²) in [6.07, 6.45) is 2.39. The Hall–Kier alpha value is -1.52. The summed E-state index contributed by atoms with van der Waals surface area (Å²) in [5, 5.41) is 0. The van der Waals surface area contributed by atoms with Crippen molar-refractivity contribution in [1.29, 1.82) is 0 Å². The van der Waals surface area contributed by atoms with Crippen molar-refractivity contribution >= 4 is 0 Å². The van der Waals surface area contributed by atoms with Gasteiger partial charge >= 0.3 is 5.69 Å². The van der Waals surface area contributed by atoms with Crippen molar-refractivity contribution in [3.63, 3.8) is 0 Å². The van der Waals surface area contributed by atoms with Crippen molar-refractivity contribution in [2.75, 3.05) is 5.84 Å². The topological polar surface area (TPSA) is 70.0 Å². The zero-order valence-electron chi connectivity index (χ0n) is 8.12. The first-order valence-electron chi connectivity index (χ1n) is 4.79. The second-order valence-electron chi connectivity index (χ2n) is 3.48. The van der Waals surface area contributed by atoms with Crippen LogP contribution in [-0.2, 0) is 19.4 Å². The molecule has 0 saturated carbocycles. The molecule has 0 aromatic carbocycles. The number of hydrogen-bond acceptors (Lipinski definition) is 3. The number of aromatic nitrogens is 2. The summed E-state index contributed by atoms with van der Waals surface area (Å²) < 4.78 is 2.30. The summed E-state index contributed by atoms with van der Waals surface area (Å²) in [6, 6.07) is 0. The highest BCUT2D eigenvalue weighted by Gasteiger charge is 2.20. The van der Waals surface area contributed by atoms with Gasteiger partial charge in [0.1, 0.15) is 0 Å². The number of nitrogens with two attached hydrogens (primary N) is 1. The van der Waals surface area contributed by atoms with Gasteiger partial charge in [-0.25, -0.2) is 9.47 Å². The third kappa shape index (κ3) is 1.01. The predicted octanol–water partition coefficient (Wildman–Crippen LogP) is -0.768. The molecule has 1 aromatic heterocycles. The molecule has 1 aliphatic carbocycles. The number of rotatable bonds is 1. The van der Waals surface area contributed by atoms with Crippen LogP contribution in [0.1, 0.15) is 24.6 Å². The molecule has 0 amide bonds. The quantitative estimate of drug-likeness (QED) is 0.598. The van der Waals surface area contributed by atoms with Gasteiger partial charge in [-0.05, 0) is 26.2 Å². The SMILES string of the molecule is CCn1c(=O)c2c(n(N)c1=O)CCC2. The smallest absolute Gasteiger partial charge is 0.335 e. The number of fused-ring (bicyclic) bond motifs is 1. The number of nitrogen functional groups attached to an aromatic ring is 1. The summed E-state index contributed by atoms with van der Waals surface area (Å²) in [7, 11) is 0. The molecule has 1 aromatic rings. The summed E-state index contributed by atoms with van der Waals surface area (Å²) in [4.78, 5) is 23.3. The molecule has 2 rings (SSSR count). The summed E-state index contributed by atoms with van der Waals surface area (Å²) in [5.41, 5.74) is 0.864. The minimum atomic E-state index is -0.404. The van der Waals surface area contributed by atoms with E-state index in [4.69, 9.17) is 5.84 Å². The zero-order valence-corrected chi connectivity index (χ0v) is 8.12. The molecule has 0 bridgehead atoms. The molecule has 0 fully saturated rings. The summed E-state index contributed by atoms with van der Waals surface area (Å²) in [5.74, 6) is 5.62. The van der Waals surface area contributed by atoms with Crippen LogP contribution in [0.4, 0.5) is 0 Å². The molecule has 0 unspecified atom stereocenters. The van der Waals surface area contributed by atoms with Gasteiger partial charge in [0.05, 0.1) is 5.69 Å². The van der Waals surface area contributed by atoms with Crippen molar-refractivity contribution in [3.8, 4) is 0 Å². The van der Waals surface area contributed by atoms with Crippen LogP contribution in [0, 0.1) is 0 Å². The molecule has 14 heavy (non-hydrogen) atoms. The van der Waals surface area contributed by atoms with E-state index in [1.165, 1.54) is 4.57 Å². The van der Waals surface area contributed by atoms with E-state index in [1.54, 1.807) is 6.92 Å². The lowest BCUT2D eigenvalue weighted by Crippen LogP contribution is -2.45. The Morgan fingerprint density at radius 2 is 2.07 bits per heavy atom. The summed E-state index contributed by atoms with van der Waals surface area (Å²) in [6.45, 7) is 2.15. The van der Waals surface area contributed by atoms with Crippen molar-refractivity contribution in [2.45, 2.75) is 32.7 Å². The molecule has 0 radical (unpaired) electrons. The Morgan fingerprint density at radius 1 is 1.36 bits per heavy atom. The van der Waals surface area contributed by atoms with E-state index >= 15 is 0 Å². The van der Waals surface area contributed by atoms with Gasteiger partial charge < -0.3 is 5.84 Å². The fourth-order valence-corrected chi connectivity index (χ4v) is 2.00. The van der Waals surface area contributed by atoms with E-state index in [0.29, 0.717) is 17.8 Å². The highest BCUT2D eigenvalue weighted by atomic mass is 16.2. The van der Waals surface area contributed by atoms with Crippen LogP contribution in [-0.4, -0.2) is 9.24 Å². The lowest BCUT2D eigenvalue weighted by Gasteiger charge is -2.09. The predicted molar refractivity (Wildman–Crippen MR) is 52.8 cm³/mol. The highest BCUT2D eigenvalue weighted by Crippen LogP contribution is 2.14. The van der Waals surface area contributed by atoms with Crippen molar-refractivity contribution in [3.05, 3.63) is 32.1 Å². The Balaban J connectivity index is 2.87. The molecule has 5 heteroatoms. The normalized spacial score (nSPS) is 14.4. The number of nitrogens with zero attached hydrogens (tertiary/aromatic N) is 2. The average Bonchev–Trinajstić information content (AvgIpc) is 2.64. The molecule has 1 aliphatic rings. The van der Waals surface area contributed by atoms with E-state index in [1.807, 2.05) is 0 Å². The third-order valence-corrected chi connectivity index (χ3v) is 2.74. The lowest BCUT2D eigenvalue weighted by atomic mass is 10.2. The first kappa shape index (κ1) is 9.05. The Morgan fingerprint density at radius 3 is 2.71 bits per heavy atom. The van der Waals surface area contributed by atoms with Gasteiger partial charge in [-0.15, -0.1) is 0 Å². The van der Waals surface area contributed by atoms with Crippen LogP contribution in [0.25, 0.3) is 0 Å². The van der Waals surface area contributed by atoms with Gasteiger partial charge in [-0.3, -0.25) is 9.36 Å². The van der Waals surface area contributed by atoms with Gasteiger partial charge in [0, 0.05) is 12.1 Å². The number of hydrogen-bond donors (Lipinski definition) is 1. The first-order chi connectivity index (χ1) is 6.66. The van der Waals surface area contributed by atoms with Gasteiger partial charge in [0.15, 0.2) is 0 Å². The van der Waals surface area contributed by atoms with E-state index in [2.05, 4.69) is 0 Å². The molecule has 0 atom stereocenters. The highest BCUT2D eigenvalue weighted by molar-refractivity contribution is 5.23. The second-order valence-corrected chi connectivity index (χ2v) is 3.48. The van der Waals surface area contributed by atoms with Crippen molar-refractivity contribution in [2.24, 2.45) is 0 Å². The molecular formula is C9H13N3O2. The van der Waals surface area contributed by atoms with E-state index in [9.17, 15) is 9.59 Å². The summed E-state index contributed by atoms with van der Waals surface area (Å²) >= 11 is 0. The Bertz CT molecular complexity index is 484. The van der Waals surface area contributed by atoms with Gasteiger partial charge in [-0.2, -0.15) is 0 Å². The second kappa shape index (κ2) is 3.01. The maximum atomic E-state index is 11.8. The standard InChI is InChI=1S/C9H13N3O2/c1-2-11-8(13)6-4-3-5-7(6)12(10)9(11)14/h2-5,10H2,1H3. The van der Waals surface area contributed by atoms with Crippen LogP contribution in [0.3, 0.4) is 0 Å². The monoisotopic (exact) mass is 195 g/mol. The van der Waals surface area contributed by atoms with Crippen LogP contribution < -0.4 is 17.1 Å². The third-order valence-electron chi connectivity index (χ3n) is 2.74. The molecule has 5 nitrogen and oxygen atoms in total. The van der Waals surface area contributed by atoms with E-state index in [-0.39, 0.29) is 5.56 Å². The molecule has 2 N–H and O–H groups in total. The van der Waals surface area contributed by atoms with E-state index in [0.717, 1.165) is 23.9 Å². The van der Waals surface area contributed by atoms with Gasteiger partial charge in [-0.1, -0.05) is 0 Å².